The van der Waals surface area contributed by atoms with Crippen LogP contribution in [0.1, 0.15) is 29.7 Å². The number of hydrogen-bond donors (Lipinski definition) is 0. The highest BCUT2D eigenvalue weighted by Gasteiger charge is 2.26. The van der Waals surface area contributed by atoms with E-state index in [0.29, 0.717) is 13.0 Å². The lowest BCUT2D eigenvalue weighted by Crippen LogP contribution is -2.45. The zero-order valence-electron chi connectivity index (χ0n) is 14.2. The van der Waals surface area contributed by atoms with Gasteiger partial charge in [-0.05, 0) is 25.3 Å². The molecule has 0 spiro atoms. The second-order valence-electron chi connectivity index (χ2n) is 6.21. The molecule has 128 valence electrons. The molecule has 0 saturated carbocycles. The Hall–Kier alpha value is -2.94. The number of piperidine rings is 1. The number of carbonyl (C=O) groups is 1. The first-order valence-corrected chi connectivity index (χ1v) is 8.37. The van der Waals surface area contributed by atoms with Crippen LogP contribution in [0.5, 0.6) is 5.88 Å². The number of nitrogens with zero attached hydrogens (tertiary/aromatic N) is 4. The monoisotopic (exact) mass is 336 g/mol. The molecule has 1 atom stereocenters. The predicted octanol–water partition coefficient (Wildman–Crippen LogP) is 2.27. The highest BCUT2D eigenvalue weighted by atomic mass is 16.5. The molecule has 1 aliphatic heterocycles. The van der Waals surface area contributed by atoms with Crippen LogP contribution in [-0.4, -0.2) is 40.0 Å². The number of likely N-dealkylation sites (tertiary alicyclic amines) is 1. The molecule has 1 aromatic carbocycles. The molecule has 0 radical (unpaired) electrons. The Balaban J connectivity index is 1.63. The molecule has 6 nitrogen and oxygen atoms in total. The van der Waals surface area contributed by atoms with E-state index in [0.717, 1.165) is 30.5 Å². The molecule has 2 aromatic rings. The summed E-state index contributed by atoms with van der Waals surface area (Å²) in [7, 11) is 0. The van der Waals surface area contributed by atoms with Crippen LogP contribution in [0.3, 0.4) is 0 Å². The van der Waals surface area contributed by atoms with Crippen LogP contribution in [0, 0.1) is 18.3 Å². The number of aryl methyl sites for hydroxylation is 1. The number of amides is 1. The minimum absolute atomic E-state index is 0.0959. The molecule has 0 aliphatic carbocycles. The van der Waals surface area contributed by atoms with E-state index in [-0.39, 0.29) is 23.6 Å². The van der Waals surface area contributed by atoms with Gasteiger partial charge in [0.2, 0.25) is 11.6 Å². The summed E-state index contributed by atoms with van der Waals surface area (Å²) in [6.07, 6.45) is 4.88. The van der Waals surface area contributed by atoms with Crippen LogP contribution in [0.15, 0.2) is 36.7 Å². The Kier molecular flexibility index (Phi) is 5.24. The number of nitriles is 1. The molecular formula is C19H20N4O2. The number of carbonyl (C=O) groups excluding carboxylic acids is 1. The van der Waals surface area contributed by atoms with E-state index in [1.165, 1.54) is 12.4 Å². The van der Waals surface area contributed by atoms with Crippen molar-refractivity contribution in [1.29, 1.82) is 5.26 Å². The summed E-state index contributed by atoms with van der Waals surface area (Å²) in [6, 6.07) is 9.98. The third kappa shape index (κ3) is 4.32. The number of benzene rings is 1. The average molecular weight is 336 g/mol. The van der Waals surface area contributed by atoms with Gasteiger partial charge in [0.1, 0.15) is 12.2 Å². The standard InChI is InChI=1S/C19H20N4O2/c1-14-4-2-5-15(10-14)11-18(24)23-9-3-6-16(13-23)25-19-17(12-20)21-7-8-22-19/h2,4-5,7-8,10,16H,3,6,9,11,13H2,1H3/t16-/m1/s1. The van der Waals surface area contributed by atoms with Gasteiger partial charge in [-0.25, -0.2) is 9.97 Å². The van der Waals surface area contributed by atoms with Crippen molar-refractivity contribution in [3.63, 3.8) is 0 Å². The second kappa shape index (κ2) is 7.75. The minimum Gasteiger partial charge on any atom is -0.470 e. The Morgan fingerprint density at radius 3 is 3.04 bits per heavy atom. The van der Waals surface area contributed by atoms with Crippen molar-refractivity contribution in [1.82, 2.24) is 14.9 Å². The van der Waals surface area contributed by atoms with Gasteiger partial charge >= 0.3 is 0 Å². The molecule has 1 fully saturated rings. The first-order chi connectivity index (χ1) is 12.2. The molecule has 1 amide bonds. The van der Waals surface area contributed by atoms with Gasteiger partial charge in [-0.1, -0.05) is 29.8 Å². The van der Waals surface area contributed by atoms with Crippen LogP contribution in [-0.2, 0) is 11.2 Å². The van der Waals surface area contributed by atoms with Crippen molar-refractivity contribution in [3.8, 4) is 11.9 Å². The Morgan fingerprint density at radius 1 is 1.40 bits per heavy atom. The van der Waals surface area contributed by atoms with E-state index in [1.807, 2.05) is 42.2 Å². The maximum atomic E-state index is 12.6. The molecule has 0 unspecified atom stereocenters. The topological polar surface area (TPSA) is 79.1 Å². The van der Waals surface area contributed by atoms with Gasteiger partial charge in [-0.2, -0.15) is 5.26 Å². The van der Waals surface area contributed by atoms with E-state index in [9.17, 15) is 4.79 Å². The van der Waals surface area contributed by atoms with E-state index >= 15 is 0 Å². The van der Waals surface area contributed by atoms with Crippen molar-refractivity contribution >= 4 is 5.91 Å². The summed E-state index contributed by atoms with van der Waals surface area (Å²) in [5.74, 6) is 0.335. The maximum Gasteiger partial charge on any atom is 0.251 e. The summed E-state index contributed by atoms with van der Waals surface area (Å²) in [6.45, 7) is 3.26. The Morgan fingerprint density at radius 2 is 2.24 bits per heavy atom. The zero-order chi connectivity index (χ0) is 17.6. The number of aromatic nitrogens is 2. The third-order valence-corrected chi connectivity index (χ3v) is 4.22. The highest BCUT2D eigenvalue weighted by molar-refractivity contribution is 5.79. The Labute approximate surface area is 147 Å². The quantitative estimate of drug-likeness (QED) is 0.856. The van der Waals surface area contributed by atoms with Crippen molar-refractivity contribution in [3.05, 3.63) is 53.5 Å². The van der Waals surface area contributed by atoms with Gasteiger partial charge in [-0.15, -0.1) is 0 Å². The van der Waals surface area contributed by atoms with Gasteiger partial charge in [0.25, 0.3) is 5.88 Å². The van der Waals surface area contributed by atoms with Crippen molar-refractivity contribution < 1.29 is 9.53 Å². The fraction of sp³-hybridized carbons (Fsp3) is 0.368. The number of hydrogen-bond acceptors (Lipinski definition) is 5. The summed E-state index contributed by atoms with van der Waals surface area (Å²) in [5.41, 5.74) is 2.34. The molecular weight excluding hydrogens is 316 g/mol. The lowest BCUT2D eigenvalue weighted by atomic mass is 10.1. The Bertz CT molecular complexity index is 800. The van der Waals surface area contributed by atoms with Gasteiger partial charge in [0, 0.05) is 18.9 Å². The summed E-state index contributed by atoms with van der Waals surface area (Å²) >= 11 is 0. The lowest BCUT2D eigenvalue weighted by molar-refractivity contribution is -0.133. The average Bonchev–Trinajstić information content (AvgIpc) is 2.62. The van der Waals surface area contributed by atoms with E-state index in [4.69, 9.17) is 10.00 Å². The molecule has 25 heavy (non-hydrogen) atoms. The molecule has 3 rings (SSSR count). The first kappa shape index (κ1) is 16.9. The van der Waals surface area contributed by atoms with Crippen LogP contribution in [0.25, 0.3) is 0 Å². The fourth-order valence-corrected chi connectivity index (χ4v) is 3.02. The summed E-state index contributed by atoms with van der Waals surface area (Å²) in [5, 5.41) is 9.08. The van der Waals surface area contributed by atoms with Crippen LogP contribution in [0.2, 0.25) is 0 Å². The molecule has 2 heterocycles. The minimum atomic E-state index is -0.168. The number of ether oxygens (including phenoxy) is 1. The SMILES string of the molecule is Cc1cccc(CC(=O)N2CCC[C@@H](Oc3nccnc3C#N)C2)c1. The molecule has 1 aliphatic rings. The summed E-state index contributed by atoms with van der Waals surface area (Å²) < 4.78 is 5.84. The molecule has 6 heteroatoms. The first-order valence-electron chi connectivity index (χ1n) is 8.37. The number of rotatable bonds is 4. The second-order valence-corrected chi connectivity index (χ2v) is 6.21. The molecule has 1 saturated heterocycles. The van der Waals surface area contributed by atoms with E-state index in [2.05, 4.69) is 9.97 Å². The van der Waals surface area contributed by atoms with Gasteiger partial charge in [0.05, 0.1) is 13.0 Å². The largest absolute Gasteiger partial charge is 0.470 e. The van der Waals surface area contributed by atoms with E-state index in [1.54, 1.807) is 0 Å². The zero-order valence-corrected chi connectivity index (χ0v) is 14.2. The normalized spacial score (nSPS) is 17.0. The van der Waals surface area contributed by atoms with Gasteiger partial charge in [0.15, 0.2) is 0 Å². The summed E-state index contributed by atoms with van der Waals surface area (Å²) in [4.78, 5) is 22.5. The van der Waals surface area contributed by atoms with Crippen LogP contribution in [0.4, 0.5) is 0 Å². The van der Waals surface area contributed by atoms with Gasteiger partial charge < -0.3 is 9.64 Å². The smallest absolute Gasteiger partial charge is 0.251 e. The van der Waals surface area contributed by atoms with Crippen LogP contribution < -0.4 is 4.74 Å². The van der Waals surface area contributed by atoms with Crippen molar-refractivity contribution in [2.75, 3.05) is 13.1 Å². The predicted molar refractivity (Wildman–Crippen MR) is 91.9 cm³/mol. The maximum absolute atomic E-state index is 12.6. The molecule has 0 bridgehead atoms. The fourth-order valence-electron chi connectivity index (χ4n) is 3.02. The third-order valence-electron chi connectivity index (χ3n) is 4.22. The lowest BCUT2D eigenvalue weighted by Gasteiger charge is -2.32. The van der Waals surface area contributed by atoms with Gasteiger partial charge in [-0.3, -0.25) is 4.79 Å². The van der Waals surface area contributed by atoms with Crippen LogP contribution >= 0.6 is 0 Å². The van der Waals surface area contributed by atoms with Crippen molar-refractivity contribution in [2.24, 2.45) is 0 Å². The molecule has 1 aromatic heterocycles. The van der Waals surface area contributed by atoms with Crippen molar-refractivity contribution in [2.45, 2.75) is 32.3 Å². The highest BCUT2D eigenvalue weighted by Crippen LogP contribution is 2.19. The molecule has 0 N–H and O–H groups in total. The van der Waals surface area contributed by atoms with E-state index < -0.39 is 0 Å².